The van der Waals surface area contributed by atoms with E-state index in [-0.39, 0.29) is 29.2 Å². The van der Waals surface area contributed by atoms with Gasteiger partial charge in [0.1, 0.15) is 12.4 Å². The molecule has 0 aliphatic carbocycles. The number of aryl methyl sites for hydroxylation is 2. The second kappa shape index (κ2) is 11.5. The van der Waals surface area contributed by atoms with E-state index in [0.717, 1.165) is 29.8 Å². The zero-order valence-electron chi connectivity index (χ0n) is 24.6. The molecule has 204 valence electrons. The van der Waals surface area contributed by atoms with Crippen molar-refractivity contribution in [3.8, 4) is 5.69 Å². The molecule has 0 bridgehead atoms. The number of unbranched alkanes of at least 4 members (excludes halogenated alkanes) is 1. The van der Waals surface area contributed by atoms with E-state index < -0.39 is 0 Å². The molecule has 6 heteroatoms. The molecule has 0 aliphatic heterocycles. The first-order valence-electron chi connectivity index (χ1n) is 13.6. The van der Waals surface area contributed by atoms with Gasteiger partial charge in [-0.1, -0.05) is 84.7 Å². The number of nitrogens with one attached hydrogen (secondary N) is 1. The highest BCUT2D eigenvalue weighted by molar-refractivity contribution is 5.99. The molecule has 0 atom stereocenters. The van der Waals surface area contributed by atoms with Crippen LogP contribution >= 0.6 is 0 Å². The smallest absolute Gasteiger partial charge is 0.254 e. The van der Waals surface area contributed by atoms with Crippen molar-refractivity contribution in [2.45, 2.75) is 86.0 Å². The van der Waals surface area contributed by atoms with Crippen LogP contribution in [0.15, 0.2) is 48.5 Å². The van der Waals surface area contributed by atoms with E-state index in [4.69, 9.17) is 5.10 Å². The Bertz CT molecular complexity index is 1270. The van der Waals surface area contributed by atoms with Crippen molar-refractivity contribution in [2.24, 2.45) is 0 Å². The zero-order valence-corrected chi connectivity index (χ0v) is 24.6. The first-order valence-corrected chi connectivity index (χ1v) is 13.6. The molecule has 0 saturated heterocycles. The van der Waals surface area contributed by atoms with Crippen LogP contribution in [0.3, 0.4) is 0 Å². The van der Waals surface area contributed by atoms with Crippen molar-refractivity contribution >= 4 is 17.6 Å². The van der Waals surface area contributed by atoms with Gasteiger partial charge >= 0.3 is 0 Å². The fourth-order valence-electron chi connectivity index (χ4n) is 4.32. The molecule has 1 N–H and O–H groups in total. The largest absolute Gasteiger partial charge is 0.329 e. The van der Waals surface area contributed by atoms with Gasteiger partial charge in [0.25, 0.3) is 5.91 Å². The van der Waals surface area contributed by atoms with E-state index in [2.05, 4.69) is 66.8 Å². The van der Waals surface area contributed by atoms with Crippen LogP contribution in [0, 0.1) is 13.8 Å². The molecule has 1 heterocycles. The Morgan fingerprint density at radius 3 is 2.13 bits per heavy atom. The number of hydrogen-bond acceptors (Lipinski definition) is 3. The minimum absolute atomic E-state index is 0.00796. The summed E-state index contributed by atoms with van der Waals surface area (Å²) in [7, 11) is 0. The lowest BCUT2D eigenvalue weighted by atomic mass is 9.86. The van der Waals surface area contributed by atoms with Gasteiger partial charge in [0, 0.05) is 23.6 Å². The van der Waals surface area contributed by atoms with Crippen LogP contribution in [0.2, 0.25) is 0 Å². The van der Waals surface area contributed by atoms with Gasteiger partial charge in [-0.05, 0) is 55.0 Å². The summed E-state index contributed by atoms with van der Waals surface area (Å²) in [5.41, 5.74) is 5.62. The lowest BCUT2D eigenvalue weighted by Gasteiger charge is -2.23. The second-order valence-electron chi connectivity index (χ2n) is 12.3. The van der Waals surface area contributed by atoms with Crippen LogP contribution in [0.5, 0.6) is 0 Å². The summed E-state index contributed by atoms with van der Waals surface area (Å²) in [6, 6.07) is 15.8. The SMILES string of the molecule is CCCCN(CC(=O)Nc1cc(C(C)(C)C)nn1-c1ccc(C)cc1C)C(=O)c1ccc(C(C)(C)C)cc1. The molecular formula is C32H44N4O2. The Balaban J connectivity index is 1.87. The normalized spacial score (nSPS) is 11.9. The van der Waals surface area contributed by atoms with Crippen molar-refractivity contribution < 1.29 is 9.59 Å². The molecule has 38 heavy (non-hydrogen) atoms. The van der Waals surface area contributed by atoms with Gasteiger partial charge in [-0.2, -0.15) is 5.10 Å². The fraction of sp³-hybridized carbons (Fsp3) is 0.469. The van der Waals surface area contributed by atoms with E-state index >= 15 is 0 Å². The molecule has 0 fully saturated rings. The summed E-state index contributed by atoms with van der Waals surface area (Å²) in [5, 5.41) is 7.91. The number of carbonyl (C=O) groups is 2. The van der Waals surface area contributed by atoms with Crippen molar-refractivity contribution in [3.63, 3.8) is 0 Å². The van der Waals surface area contributed by atoms with Crippen molar-refractivity contribution in [2.75, 3.05) is 18.4 Å². The molecule has 0 unspecified atom stereocenters. The number of benzene rings is 2. The van der Waals surface area contributed by atoms with Crippen LogP contribution in [0.4, 0.5) is 5.82 Å². The minimum atomic E-state index is -0.243. The lowest BCUT2D eigenvalue weighted by molar-refractivity contribution is -0.117. The minimum Gasteiger partial charge on any atom is -0.329 e. The van der Waals surface area contributed by atoms with Crippen molar-refractivity contribution in [1.82, 2.24) is 14.7 Å². The maximum atomic E-state index is 13.4. The Kier molecular flexibility index (Phi) is 8.86. The molecular weight excluding hydrogens is 472 g/mol. The Morgan fingerprint density at radius 2 is 1.58 bits per heavy atom. The number of hydrogen-bond donors (Lipinski definition) is 1. The number of anilines is 1. The fourth-order valence-corrected chi connectivity index (χ4v) is 4.32. The highest BCUT2D eigenvalue weighted by atomic mass is 16.2. The predicted octanol–water partition coefficient (Wildman–Crippen LogP) is 6.97. The first kappa shape index (κ1) is 29.2. The van der Waals surface area contributed by atoms with Crippen LogP contribution in [0.25, 0.3) is 5.69 Å². The van der Waals surface area contributed by atoms with Gasteiger partial charge in [-0.25, -0.2) is 4.68 Å². The van der Waals surface area contributed by atoms with Gasteiger partial charge in [-0.15, -0.1) is 0 Å². The molecule has 3 rings (SSSR count). The first-order chi connectivity index (χ1) is 17.7. The number of aromatic nitrogens is 2. The summed E-state index contributed by atoms with van der Waals surface area (Å²) in [6.07, 6.45) is 1.76. The monoisotopic (exact) mass is 516 g/mol. The molecule has 0 saturated carbocycles. The Morgan fingerprint density at radius 1 is 0.921 bits per heavy atom. The third kappa shape index (κ3) is 7.12. The summed E-state index contributed by atoms with van der Waals surface area (Å²) >= 11 is 0. The third-order valence-electron chi connectivity index (χ3n) is 6.73. The van der Waals surface area contributed by atoms with Crippen molar-refractivity contribution in [3.05, 3.63) is 76.5 Å². The van der Waals surface area contributed by atoms with Crippen molar-refractivity contribution in [1.29, 1.82) is 0 Å². The molecule has 1 aromatic heterocycles. The Hall–Kier alpha value is -3.41. The van der Waals surface area contributed by atoms with Crippen LogP contribution in [-0.4, -0.2) is 39.6 Å². The number of amides is 2. The standard InChI is InChI=1S/C32H44N4O2/c1-10-11-18-35(30(38)24-13-15-25(16-14-24)31(4,5)6)21-29(37)33-28-20-27(32(7,8)9)34-36(28)26-17-12-22(2)19-23(26)3/h12-17,19-20H,10-11,18,21H2,1-9H3,(H,33,37). The summed E-state index contributed by atoms with van der Waals surface area (Å²) in [5.74, 6) is 0.226. The molecule has 2 amide bonds. The summed E-state index contributed by atoms with van der Waals surface area (Å²) < 4.78 is 1.80. The third-order valence-corrected chi connectivity index (χ3v) is 6.73. The number of carbonyl (C=O) groups excluding carboxylic acids is 2. The average Bonchev–Trinajstić information content (AvgIpc) is 3.24. The summed E-state index contributed by atoms with van der Waals surface area (Å²) in [4.78, 5) is 28.4. The Labute approximate surface area is 228 Å². The van der Waals surface area contributed by atoms with Crippen LogP contribution in [0.1, 0.15) is 94.1 Å². The molecule has 0 spiro atoms. The van der Waals surface area contributed by atoms with Gasteiger partial charge in [-0.3, -0.25) is 9.59 Å². The second-order valence-corrected chi connectivity index (χ2v) is 12.3. The maximum absolute atomic E-state index is 13.4. The molecule has 2 aromatic carbocycles. The molecule has 3 aromatic rings. The number of nitrogens with zero attached hydrogens (tertiary/aromatic N) is 3. The van der Waals surface area contributed by atoms with Crippen LogP contribution in [-0.2, 0) is 15.6 Å². The van der Waals surface area contributed by atoms with E-state index in [0.29, 0.717) is 17.9 Å². The quantitative estimate of drug-likeness (QED) is 0.352. The zero-order chi connectivity index (χ0) is 28.3. The summed E-state index contributed by atoms with van der Waals surface area (Å²) in [6.45, 7) is 19.4. The van der Waals surface area contributed by atoms with E-state index in [1.807, 2.05) is 49.4 Å². The maximum Gasteiger partial charge on any atom is 0.254 e. The highest BCUT2D eigenvalue weighted by Gasteiger charge is 2.24. The molecule has 6 nitrogen and oxygen atoms in total. The van der Waals surface area contributed by atoms with E-state index in [1.54, 1.807) is 9.58 Å². The van der Waals surface area contributed by atoms with Gasteiger partial charge in [0.15, 0.2) is 0 Å². The molecule has 0 radical (unpaired) electrons. The topological polar surface area (TPSA) is 67.2 Å². The van der Waals surface area contributed by atoms with Gasteiger partial charge in [0.2, 0.25) is 5.91 Å². The van der Waals surface area contributed by atoms with Crippen LogP contribution < -0.4 is 5.32 Å². The molecule has 0 aliphatic rings. The lowest BCUT2D eigenvalue weighted by Crippen LogP contribution is -2.39. The van der Waals surface area contributed by atoms with Gasteiger partial charge < -0.3 is 10.2 Å². The van der Waals surface area contributed by atoms with E-state index in [9.17, 15) is 9.59 Å². The van der Waals surface area contributed by atoms with Gasteiger partial charge in [0.05, 0.1) is 11.4 Å². The predicted molar refractivity (Wildman–Crippen MR) is 156 cm³/mol. The number of rotatable bonds is 8. The van der Waals surface area contributed by atoms with E-state index in [1.165, 1.54) is 11.1 Å². The highest BCUT2D eigenvalue weighted by Crippen LogP contribution is 2.28. The average molecular weight is 517 g/mol.